The molecule has 0 aliphatic carbocycles. The van der Waals surface area contributed by atoms with Crippen molar-refractivity contribution in [3.05, 3.63) is 90.0 Å². The lowest BCUT2D eigenvalue weighted by atomic mass is 10.1. The number of ketones is 1. The van der Waals surface area contributed by atoms with E-state index in [0.717, 1.165) is 22.9 Å². The van der Waals surface area contributed by atoms with Gasteiger partial charge in [-0.05, 0) is 50.2 Å². The monoisotopic (exact) mass is 505 g/mol. The molecule has 0 aliphatic rings. The molecule has 3 aromatic carbocycles. The molecule has 9 heteroatoms. The molecule has 2 N–H and O–H groups in total. The van der Waals surface area contributed by atoms with Gasteiger partial charge in [0, 0.05) is 16.8 Å². The number of H-pyrrole nitrogens is 1. The number of amides is 1. The molecular weight excluding hydrogens is 482 g/mol. The van der Waals surface area contributed by atoms with Crippen LogP contribution < -0.4 is 5.32 Å². The third kappa shape index (κ3) is 5.70. The number of aromatic nitrogens is 2. The summed E-state index contributed by atoms with van der Waals surface area (Å²) >= 11 is 1.03. The van der Waals surface area contributed by atoms with Crippen LogP contribution in [0.3, 0.4) is 0 Å². The maximum absolute atomic E-state index is 13.4. The van der Waals surface area contributed by atoms with Crippen molar-refractivity contribution in [3.63, 3.8) is 0 Å². The summed E-state index contributed by atoms with van der Waals surface area (Å²) in [6, 6.07) is 22.2. The number of imidazole rings is 1. The van der Waals surface area contributed by atoms with Crippen molar-refractivity contribution in [1.82, 2.24) is 9.97 Å². The van der Waals surface area contributed by atoms with Crippen LogP contribution in [0.15, 0.2) is 93.8 Å². The van der Waals surface area contributed by atoms with Gasteiger partial charge in [-0.3, -0.25) is 9.59 Å². The molecular formula is C26H23N3O4S2. The topological polar surface area (TPSA) is 109 Å². The number of nitrogens with zero attached hydrogens (tertiary/aromatic N) is 1. The number of anilines is 1. The zero-order valence-electron chi connectivity index (χ0n) is 19.1. The Hall–Kier alpha value is -3.69. The van der Waals surface area contributed by atoms with Gasteiger partial charge in [0.15, 0.2) is 10.8 Å². The molecule has 0 radical (unpaired) electrons. The van der Waals surface area contributed by atoms with E-state index in [2.05, 4.69) is 15.3 Å². The lowest BCUT2D eigenvalue weighted by Gasteiger charge is -2.07. The van der Waals surface area contributed by atoms with Crippen molar-refractivity contribution in [2.24, 2.45) is 0 Å². The number of rotatable bonds is 8. The van der Waals surface area contributed by atoms with E-state index in [-0.39, 0.29) is 32.4 Å². The average Bonchev–Trinajstić information content (AvgIpc) is 3.29. The van der Waals surface area contributed by atoms with E-state index in [1.54, 1.807) is 42.5 Å². The predicted octanol–water partition coefficient (Wildman–Crippen LogP) is 5.15. The molecule has 0 bridgehead atoms. The predicted molar refractivity (Wildman–Crippen MR) is 136 cm³/mol. The fraction of sp³-hybridized carbons (Fsp3) is 0.115. The van der Waals surface area contributed by atoms with Gasteiger partial charge in [0.25, 0.3) is 0 Å². The summed E-state index contributed by atoms with van der Waals surface area (Å²) in [5.74, 6) is -0.0338. The molecule has 1 heterocycles. The molecule has 35 heavy (non-hydrogen) atoms. The minimum absolute atomic E-state index is 0.0516. The summed E-state index contributed by atoms with van der Waals surface area (Å²) in [5.41, 5.74) is 2.90. The highest BCUT2D eigenvalue weighted by atomic mass is 32.2. The van der Waals surface area contributed by atoms with Crippen molar-refractivity contribution in [2.75, 3.05) is 11.1 Å². The maximum Gasteiger partial charge on any atom is 0.234 e. The highest BCUT2D eigenvalue weighted by Gasteiger charge is 2.26. The van der Waals surface area contributed by atoms with Crippen LogP contribution in [0.2, 0.25) is 0 Å². The highest BCUT2D eigenvalue weighted by molar-refractivity contribution is 8.00. The van der Waals surface area contributed by atoms with Crippen LogP contribution in [-0.4, -0.2) is 35.8 Å². The number of nitrogens with one attached hydrogen (secondary N) is 2. The second-order valence-electron chi connectivity index (χ2n) is 7.87. The van der Waals surface area contributed by atoms with Crippen molar-refractivity contribution in [2.45, 2.75) is 28.8 Å². The largest absolute Gasteiger partial charge is 0.328 e. The Bertz CT molecular complexity index is 1460. The standard InChI is InChI=1S/C26H23N3O4S2/c1-17-8-10-20(11-9-17)24-28-25(26(29-24)35(32,33)22-6-4-3-5-7-22)34-16-23(31)27-21-14-12-19(13-15-21)18(2)30/h3-15H,16H2,1-2H3,(H,27,31)(H,28,29). The summed E-state index contributed by atoms with van der Waals surface area (Å²) in [6.07, 6.45) is 0. The SMILES string of the molecule is CC(=O)c1ccc(NC(=O)CSc2nc(-c3ccc(C)cc3)[nH]c2S(=O)(=O)c2ccccc2)cc1. The summed E-state index contributed by atoms with van der Waals surface area (Å²) in [4.78, 5) is 31.6. The molecule has 4 rings (SSSR count). The van der Waals surface area contributed by atoms with Gasteiger partial charge >= 0.3 is 0 Å². The van der Waals surface area contributed by atoms with E-state index < -0.39 is 9.84 Å². The van der Waals surface area contributed by atoms with Crippen LogP contribution in [0.25, 0.3) is 11.4 Å². The van der Waals surface area contributed by atoms with Gasteiger partial charge in [-0.1, -0.05) is 59.8 Å². The zero-order valence-corrected chi connectivity index (χ0v) is 20.7. The normalized spacial score (nSPS) is 11.3. The maximum atomic E-state index is 13.4. The molecule has 4 aromatic rings. The van der Waals surface area contributed by atoms with Crippen LogP contribution >= 0.6 is 11.8 Å². The molecule has 0 fully saturated rings. The van der Waals surface area contributed by atoms with Crippen molar-refractivity contribution < 1.29 is 18.0 Å². The number of hydrogen-bond donors (Lipinski definition) is 2. The summed E-state index contributed by atoms with van der Waals surface area (Å²) < 4.78 is 26.7. The zero-order chi connectivity index (χ0) is 25.0. The van der Waals surface area contributed by atoms with Gasteiger partial charge in [0.05, 0.1) is 10.6 Å². The molecule has 0 unspecified atom stereocenters. The minimum Gasteiger partial charge on any atom is -0.328 e. The van der Waals surface area contributed by atoms with Gasteiger partial charge in [0.1, 0.15) is 10.9 Å². The lowest BCUT2D eigenvalue weighted by molar-refractivity contribution is -0.113. The number of hydrogen-bond acceptors (Lipinski definition) is 6. The van der Waals surface area contributed by atoms with E-state index >= 15 is 0 Å². The number of benzene rings is 3. The van der Waals surface area contributed by atoms with Crippen molar-refractivity contribution >= 4 is 39.0 Å². The minimum atomic E-state index is -3.89. The molecule has 0 saturated heterocycles. The van der Waals surface area contributed by atoms with E-state index in [1.165, 1.54) is 19.1 Å². The molecule has 0 spiro atoms. The van der Waals surface area contributed by atoms with E-state index in [9.17, 15) is 18.0 Å². The first-order valence-corrected chi connectivity index (χ1v) is 13.2. The Kier molecular flexibility index (Phi) is 7.18. The van der Waals surface area contributed by atoms with Crippen LogP contribution in [0.4, 0.5) is 5.69 Å². The number of thioether (sulfide) groups is 1. The molecule has 1 amide bonds. The number of Topliss-reactive ketones (excluding diaryl/α,β-unsaturated/α-hetero) is 1. The molecule has 178 valence electrons. The van der Waals surface area contributed by atoms with Crippen LogP contribution in [0.5, 0.6) is 0 Å². The molecule has 0 saturated carbocycles. The molecule has 0 atom stereocenters. The first-order valence-electron chi connectivity index (χ1n) is 10.7. The fourth-order valence-electron chi connectivity index (χ4n) is 3.31. The van der Waals surface area contributed by atoms with E-state index in [1.807, 2.05) is 31.2 Å². The Morgan fingerprint density at radius 3 is 2.23 bits per heavy atom. The van der Waals surface area contributed by atoms with Gasteiger partial charge in [-0.25, -0.2) is 13.4 Å². The smallest absolute Gasteiger partial charge is 0.234 e. The third-order valence-electron chi connectivity index (χ3n) is 5.20. The van der Waals surface area contributed by atoms with Gasteiger partial charge in [0.2, 0.25) is 15.7 Å². The van der Waals surface area contributed by atoms with Crippen molar-refractivity contribution in [3.8, 4) is 11.4 Å². The van der Waals surface area contributed by atoms with E-state index in [4.69, 9.17) is 0 Å². The molecule has 1 aromatic heterocycles. The number of sulfone groups is 1. The summed E-state index contributed by atoms with van der Waals surface area (Å²) in [5, 5.41) is 2.92. The van der Waals surface area contributed by atoms with Gasteiger partial charge in [-0.15, -0.1) is 0 Å². The van der Waals surface area contributed by atoms with Crippen LogP contribution in [0.1, 0.15) is 22.8 Å². The summed E-state index contributed by atoms with van der Waals surface area (Å²) in [6.45, 7) is 3.44. The van der Waals surface area contributed by atoms with Crippen molar-refractivity contribution in [1.29, 1.82) is 0 Å². The average molecular weight is 506 g/mol. The second-order valence-corrected chi connectivity index (χ2v) is 10.7. The number of carbonyl (C=O) groups is 2. The molecule has 7 nitrogen and oxygen atoms in total. The number of carbonyl (C=O) groups excluding carboxylic acids is 2. The van der Waals surface area contributed by atoms with Gasteiger partial charge < -0.3 is 10.3 Å². The lowest BCUT2D eigenvalue weighted by Crippen LogP contribution is -2.14. The Morgan fingerprint density at radius 2 is 1.60 bits per heavy atom. The van der Waals surface area contributed by atoms with Crippen LogP contribution in [-0.2, 0) is 14.6 Å². The molecule has 0 aliphatic heterocycles. The number of aryl methyl sites for hydroxylation is 1. The summed E-state index contributed by atoms with van der Waals surface area (Å²) in [7, 11) is -3.89. The van der Waals surface area contributed by atoms with E-state index in [0.29, 0.717) is 17.1 Å². The van der Waals surface area contributed by atoms with Gasteiger partial charge in [-0.2, -0.15) is 0 Å². The Labute approximate surface area is 207 Å². The third-order valence-corrected chi connectivity index (χ3v) is 8.03. The Balaban J connectivity index is 1.59. The first-order chi connectivity index (χ1) is 16.7. The highest BCUT2D eigenvalue weighted by Crippen LogP contribution is 2.32. The second kappa shape index (κ2) is 10.3. The Morgan fingerprint density at radius 1 is 0.943 bits per heavy atom. The fourth-order valence-corrected chi connectivity index (χ4v) is 5.75. The quantitative estimate of drug-likeness (QED) is 0.253. The number of aromatic amines is 1. The van der Waals surface area contributed by atoms with Crippen LogP contribution in [0, 0.1) is 6.92 Å². The first kappa shape index (κ1) is 24.4.